The SMILES string of the molecule is COc1ccc(Cl)cc1S(=O)(=O)NCCN(C(C)=O)c1ccc(C)cc1. The van der Waals surface area contributed by atoms with Gasteiger partial charge in [0.25, 0.3) is 0 Å². The van der Waals surface area contributed by atoms with Crippen LogP contribution in [0.5, 0.6) is 5.75 Å². The number of halogens is 1. The Balaban J connectivity index is 2.12. The van der Waals surface area contributed by atoms with E-state index in [1.54, 1.807) is 6.07 Å². The summed E-state index contributed by atoms with van der Waals surface area (Å²) in [7, 11) is -2.45. The maximum atomic E-state index is 12.5. The van der Waals surface area contributed by atoms with Crippen molar-refractivity contribution in [2.75, 3.05) is 25.1 Å². The summed E-state index contributed by atoms with van der Waals surface area (Å²) in [5, 5.41) is 0.288. The topological polar surface area (TPSA) is 75.7 Å². The molecule has 0 fully saturated rings. The number of ether oxygens (including phenoxy) is 1. The minimum Gasteiger partial charge on any atom is -0.495 e. The van der Waals surface area contributed by atoms with Gasteiger partial charge in [-0.15, -0.1) is 0 Å². The van der Waals surface area contributed by atoms with E-state index in [0.29, 0.717) is 5.69 Å². The smallest absolute Gasteiger partial charge is 0.244 e. The van der Waals surface area contributed by atoms with E-state index in [9.17, 15) is 13.2 Å². The van der Waals surface area contributed by atoms with Crippen LogP contribution in [-0.2, 0) is 14.8 Å². The highest BCUT2D eigenvalue weighted by atomic mass is 35.5. The standard InChI is InChI=1S/C18H21ClN2O4S/c1-13-4-7-16(8-5-13)21(14(2)22)11-10-20-26(23,24)18-12-15(19)6-9-17(18)25-3/h4-9,12,20H,10-11H2,1-3H3. The van der Waals surface area contributed by atoms with Crippen LogP contribution in [0, 0.1) is 6.92 Å². The third kappa shape index (κ3) is 4.97. The first-order chi connectivity index (χ1) is 12.2. The second-order valence-corrected chi connectivity index (χ2v) is 7.87. The molecule has 0 atom stereocenters. The molecule has 140 valence electrons. The summed E-state index contributed by atoms with van der Waals surface area (Å²) in [5.41, 5.74) is 1.79. The second-order valence-electron chi connectivity index (χ2n) is 5.70. The molecular formula is C18H21ClN2O4S. The third-order valence-corrected chi connectivity index (χ3v) is 5.49. The normalized spacial score (nSPS) is 11.2. The summed E-state index contributed by atoms with van der Waals surface area (Å²) in [6.07, 6.45) is 0. The molecule has 0 aliphatic rings. The molecule has 2 aromatic carbocycles. The number of hydrogen-bond donors (Lipinski definition) is 1. The Labute approximate surface area is 158 Å². The molecule has 0 spiro atoms. The molecule has 0 aromatic heterocycles. The molecule has 0 aliphatic carbocycles. The monoisotopic (exact) mass is 396 g/mol. The molecule has 0 radical (unpaired) electrons. The van der Waals surface area contributed by atoms with Crippen molar-refractivity contribution in [2.45, 2.75) is 18.7 Å². The van der Waals surface area contributed by atoms with Gasteiger partial charge in [-0.1, -0.05) is 29.3 Å². The number of rotatable bonds is 7. The highest BCUT2D eigenvalue weighted by molar-refractivity contribution is 7.89. The van der Waals surface area contributed by atoms with Gasteiger partial charge in [-0.25, -0.2) is 13.1 Å². The van der Waals surface area contributed by atoms with Gasteiger partial charge >= 0.3 is 0 Å². The molecule has 0 saturated carbocycles. The van der Waals surface area contributed by atoms with Crippen LogP contribution in [0.25, 0.3) is 0 Å². The van der Waals surface area contributed by atoms with Crippen molar-refractivity contribution in [3.8, 4) is 5.75 Å². The number of nitrogens with zero attached hydrogens (tertiary/aromatic N) is 1. The molecule has 0 saturated heterocycles. The molecule has 2 aromatic rings. The molecule has 0 aliphatic heterocycles. The first kappa shape index (κ1) is 20.2. The molecule has 0 heterocycles. The Kier molecular flexibility index (Phi) is 6.63. The van der Waals surface area contributed by atoms with Crippen LogP contribution in [-0.4, -0.2) is 34.5 Å². The number of anilines is 1. The predicted octanol–water partition coefficient (Wildman–Crippen LogP) is 2.99. The highest BCUT2D eigenvalue weighted by Crippen LogP contribution is 2.26. The average molecular weight is 397 g/mol. The van der Waals surface area contributed by atoms with Crippen LogP contribution in [0.15, 0.2) is 47.4 Å². The van der Waals surface area contributed by atoms with Gasteiger partial charge in [0, 0.05) is 30.7 Å². The number of carbonyl (C=O) groups is 1. The summed E-state index contributed by atoms with van der Waals surface area (Å²) in [5.74, 6) is 0.0252. The van der Waals surface area contributed by atoms with Crippen LogP contribution in [0.3, 0.4) is 0 Å². The zero-order valence-electron chi connectivity index (χ0n) is 14.8. The van der Waals surface area contributed by atoms with E-state index < -0.39 is 10.0 Å². The van der Waals surface area contributed by atoms with Crippen LogP contribution < -0.4 is 14.4 Å². The van der Waals surface area contributed by atoms with E-state index >= 15 is 0 Å². The second kappa shape index (κ2) is 8.53. The lowest BCUT2D eigenvalue weighted by Gasteiger charge is -2.21. The Hall–Kier alpha value is -2.09. The average Bonchev–Trinajstić information content (AvgIpc) is 2.59. The van der Waals surface area contributed by atoms with Crippen LogP contribution >= 0.6 is 11.6 Å². The quantitative estimate of drug-likeness (QED) is 0.780. The number of methoxy groups -OCH3 is 1. The largest absolute Gasteiger partial charge is 0.495 e. The van der Waals surface area contributed by atoms with Crippen molar-refractivity contribution < 1.29 is 17.9 Å². The van der Waals surface area contributed by atoms with Gasteiger partial charge in [0.15, 0.2) is 0 Å². The molecule has 26 heavy (non-hydrogen) atoms. The zero-order chi connectivity index (χ0) is 19.3. The fourth-order valence-corrected chi connectivity index (χ4v) is 3.87. The minimum absolute atomic E-state index is 0.0442. The van der Waals surface area contributed by atoms with Crippen molar-refractivity contribution in [2.24, 2.45) is 0 Å². The van der Waals surface area contributed by atoms with E-state index in [0.717, 1.165) is 5.56 Å². The molecule has 0 unspecified atom stereocenters. The molecule has 1 N–H and O–H groups in total. The molecule has 2 rings (SSSR count). The van der Waals surface area contributed by atoms with Crippen LogP contribution in [0.4, 0.5) is 5.69 Å². The number of benzene rings is 2. The number of carbonyl (C=O) groups excluding carboxylic acids is 1. The Bertz CT molecular complexity index is 883. The lowest BCUT2D eigenvalue weighted by Crippen LogP contribution is -2.37. The summed E-state index contributed by atoms with van der Waals surface area (Å²) in [6, 6.07) is 11.8. The summed E-state index contributed by atoms with van der Waals surface area (Å²) >= 11 is 5.90. The Morgan fingerprint density at radius 1 is 1.19 bits per heavy atom. The van der Waals surface area contributed by atoms with Gasteiger partial charge < -0.3 is 9.64 Å². The molecular weight excluding hydrogens is 376 g/mol. The van der Waals surface area contributed by atoms with Gasteiger partial charge in [0.05, 0.1) is 7.11 Å². The first-order valence-electron chi connectivity index (χ1n) is 7.92. The van der Waals surface area contributed by atoms with E-state index in [1.807, 2.05) is 31.2 Å². The summed E-state index contributed by atoms with van der Waals surface area (Å²) in [6.45, 7) is 3.63. The summed E-state index contributed by atoms with van der Waals surface area (Å²) in [4.78, 5) is 13.4. The Morgan fingerprint density at radius 2 is 1.85 bits per heavy atom. The number of amides is 1. The molecule has 1 amide bonds. The van der Waals surface area contributed by atoms with Crippen molar-refractivity contribution in [3.05, 3.63) is 53.1 Å². The van der Waals surface area contributed by atoms with Gasteiger partial charge in [-0.3, -0.25) is 4.79 Å². The van der Waals surface area contributed by atoms with Gasteiger partial charge in [-0.05, 0) is 37.3 Å². The highest BCUT2D eigenvalue weighted by Gasteiger charge is 2.20. The van der Waals surface area contributed by atoms with Gasteiger partial charge in [-0.2, -0.15) is 0 Å². The Morgan fingerprint density at radius 3 is 2.42 bits per heavy atom. The van der Waals surface area contributed by atoms with E-state index in [2.05, 4.69) is 4.72 Å². The van der Waals surface area contributed by atoms with Crippen molar-refractivity contribution in [3.63, 3.8) is 0 Å². The number of sulfonamides is 1. The lowest BCUT2D eigenvalue weighted by molar-refractivity contribution is -0.116. The number of aryl methyl sites for hydroxylation is 1. The molecule has 0 bridgehead atoms. The zero-order valence-corrected chi connectivity index (χ0v) is 16.4. The van der Waals surface area contributed by atoms with Gasteiger partial charge in [0.2, 0.25) is 15.9 Å². The fraction of sp³-hybridized carbons (Fsp3) is 0.278. The predicted molar refractivity (Wildman–Crippen MR) is 102 cm³/mol. The summed E-state index contributed by atoms with van der Waals surface area (Å²) < 4.78 is 32.7. The fourth-order valence-electron chi connectivity index (χ4n) is 2.42. The maximum absolute atomic E-state index is 12.5. The lowest BCUT2D eigenvalue weighted by atomic mass is 10.2. The molecule has 8 heteroatoms. The van der Waals surface area contributed by atoms with E-state index in [4.69, 9.17) is 16.3 Å². The van der Waals surface area contributed by atoms with E-state index in [-0.39, 0.29) is 34.7 Å². The number of hydrogen-bond acceptors (Lipinski definition) is 4. The van der Waals surface area contributed by atoms with Crippen molar-refractivity contribution in [1.82, 2.24) is 4.72 Å². The minimum atomic E-state index is -3.83. The first-order valence-corrected chi connectivity index (χ1v) is 9.78. The molecule has 6 nitrogen and oxygen atoms in total. The number of nitrogens with one attached hydrogen (secondary N) is 1. The van der Waals surface area contributed by atoms with Crippen LogP contribution in [0.1, 0.15) is 12.5 Å². The maximum Gasteiger partial charge on any atom is 0.244 e. The van der Waals surface area contributed by atoms with Crippen molar-refractivity contribution in [1.29, 1.82) is 0 Å². The van der Waals surface area contributed by atoms with Crippen LogP contribution in [0.2, 0.25) is 5.02 Å². The van der Waals surface area contributed by atoms with Crippen molar-refractivity contribution >= 4 is 33.2 Å². The van der Waals surface area contributed by atoms with Gasteiger partial charge in [0.1, 0.15) is 10.6 Å². The third-order valence-electron chi connectivity index (χ3n) is 3.77. The van der Waals surface area contributed by atoms with E-state index in [1.165, 1.54) is 31.1 Å².